The van der Waals surface area contributed by atoms with Crippen LogP contribution in [0.25, 0.3) is 0 Å². The van der Waals surface area contributed by atoms with Crippen molar-refractivity contribution in [2.24, 2.45) is 0 Å². The molecule has 12 heavy (non-hydrogen) atoms. The Labute approximate surface area is 71.2 Å². The van der Waals surface area contributed by atoms with Crippen molar-refractivity contribution in [3.05, 3.63) is 29.8 Å². The van der Waals surface area contributed by atoms with E-state index in [1.54, 1.807) is 31.3 Å². The highest BCUT2D eigenvalue weighted by Gasteiger charge is 1.97. The van der Waals surface area contributed by atoms with Crippen LogP contribution >= 0.6 is 0 Å². The molecule has 64 valence electrons. The molecular formula is C9H11NO2. The molecule has 3 nitrogen and oxygen atoms in total. The minimum absolute atomic E-state index is 0.0328. The van der Waals surface area contributed by atoms with Gasteiger partial charge < -0.3 is 10.0 Å². The normalized spacial score (nSPS) is 9.50. The monoisotopic (exact) mass is 165 g/mol. The van der Waals surface area contributed by atoms with E-state index in [9.17, 15) is 4.79 Å². The predicted molar refractivity (Wildman–Crippen MR) is 46.8 cm³/mol. The average Bonchev–Trinajstić information content (AvgIpc) is 2.17. The minimum atomic E-state index is 0.0328. The topological polar surface area (TPSA) is 40.5 Å². The molecule has 1 aromatic carbocycles. The number of hydrogen-bond donors (Lipinski definition) is 1. The van der Waals surface area contributed by atoms with Crippen molar-refractivity contribution in [2.75, 3.05) is 11.9 Å². The fourth-order valence-electron chi connectivity index (χ4n) is 0.897. The van der Waals surface area contributed by atoms with Crippen LogP contribution in [0.5, 0.6) is 0 Å². The van der Waals surface area contributed by atoms with E-state index >= 15 is 0 Å². The molecule has 0 aromatic heterocycles. The smallest absolute Gasteiger partial charge is 0.213 e. The van der Waals surface area contributed by atoms with Gasteiger partial charge in [0.2, 0.25) is 6.41 Å². The highest BCUT2D eigenvalue weighted by atomic mass is 16.3. The zero-order valence-electron chi connectivity index (χ0n) is 6.90. The third-order valence-corrected chi connectivity index (χ3v) is 1.68. The SMILES string of the molecule is CN(C=O)c1ccc(CO)cc1. The van der Waals surface area contributed by atoms with Crippen LogP contribution in [-0.4, -0.2) is 18.6 Å². The second kappa shape index (κ2) is 3.88. The van der Waals surface area contributed by atoms with Gasteiger partial charge >= 0.3 is 0 Å². The number of aliphatic hydroxyl groups is 1. The second-order valence-corrected chi connectivity index (χ2v) is 2.54. The third kappa shape index (κ3) is 1.83. The van der Waals surface area contributed by atoms with E-state index in [0.717, 1.165) is 17.7 Å². The van der Waals surface area contributed by atoms with Crippen LogP contribution in [0.15, 0.2) is 24.3 Å². The van der Waals surface area contributed by atoms with Crippen molar-refractivity contribution in [1.82, 2.24) is 0 Å². The van der Waals surface area contributed by atoms with Gasteiger partial charge in [-0.3, -0.25) is 4.79 Å². The molecule has 0 fully saturated rings. The van der Waals surface area contributed by atoms with Gasteiger partial charge in [-0.15, -0.1) is 0 Å². The van der Waals surface area contributed by atoms with Crippen molar-refractivity contribution in [2.45, 2.75) is 6.61 Å². The van der Waals surface area contributed by atoms with Crippen molar-refractivity contribution >= 4 is 12.1 Å². The highest BCUT2D eigenvalue weighted by molar-refractivity contribution is 5.73. The Kier molecular flexibility index (Phi) is 2.82. The Hall–Kier alpha value is -1.35. The quantitative estimate of drug-likeness (QED) is 0.672. The summed E-state index contributed by atoms with van der Waals surface area (Å²) < 4.78 is 0. The lowest BCUT2D eigenvalue weighted by Crippen LogP contribution is -2.13. The summed E-state index contributed by atoms with van der Waals surface area (Å²) in [6.07, 6.45) is 0.744. The number of carbonyl (C=O) groups is 1. The molecule has 0 saturated carbocycles. The number of aliphatic hydroxyl groups excluding tert-OH is 1. The molecule has 1 N–H and O–H groups in total. The molecule has 0 aliphatic rings. The van der Waals surface area contributed by atoms with Crippen LogP contribution in [0, 0.1) is 0 Å². The van der Waals surface area contributed by atoms with Gasteiger partial charge in [-0.05, 0) is 17.7 Å². The maximum atomic E-state index is 10.3. The number of nitrogens with zero attached hydrogens (tertiary/aromatic N) is 1. The first kappa shape index (κ1) is 8.74. The average molecular weight is 165 g/mol. The first-order valence-electron chi connectivity index (χ1n) is 3.66. The van der Waals surface area contributed by atoms with Gasteiger partial charge in [0, 0.05) is 12.7 Å². The van der Waals surface area contributed by atoms with Crippen molar-refractivity contribution in [3.8, 4) is 0 Å². The molecule has 0 aliphatic heterocycles. The van der Waals surface area contributed by atoms with Crippen LogP contribution in [0.2, 0.25) is 0 Å². The summed E-state index contributed by atoms with van der Waals surface area (Å²) >= 11 is 0. The molecule has 0 atom stereocenters. The molecule has 3 heteroatoms. The van der Waals surface area contributed by atoms with Gasteiger partial charge in [0.15, 0.2) is 0 Å². The van der Waals surface area contributed by atoms with Gasteiger partial charge in [-0.25, -0.2) is 0 Å². The summed E-state index contributed by atoms with van der Waals surface area (Å²) in [5.41, 5.74) is 1.67. The predicted octanol–water partition coefficient (Wildman–Crippen LogP) is 0.772. The summed E-state index contributed by atoms with van der Waals surface area (Å²) in [5.74, 6) is 0. The van der Waals surface area contributed by atoms with Gasteiger partial charge in [0.05, 0.1) is 6.61 Å². The number of rotatable bonds is 3. The summed E-state index contributed by atoms with van der Waals surface area (Å²) in [4.78, 5) is 11.8. The maximum Gasteiger partial charge on any atom is 0.213 e. The Morgan fingerprint density at radius 2 is 2.00 bits per heavy atom. The standard InChI is InChI=1S/C9H11NO2/c1-10(7-12)9-4-2-8(6-11)3-5-9/h2-5,7,11H,6H2,1H3. The van der Waals surface area contributed by atoms with Crippen LogP contribution in [-0.2, 0) is 11.4 Å². The van der Waals surface area contributed by atoms with Crippen molar-refractivity contribution in [1.29, 1.82) is 0 Å². The van der Waals surface area contributed by atoms with Crippen LogP contribution in [0.4, 0.5) is 5.69 Å². The van der Waals surface area contributed by atoms with E-state index < -0.39 is 0 Å². The van der Waals surface area contributed by atoms with E-state index in [-0.39, 0.29) is 6.61 Å². The first-order valence-corrected chi connectivity index (χ1v) is 3.66. The largest absolute Gasteiger partial charge is 0.392 e. The van der Waals surface area contributed by atoms with Gasteiger partial charge in [-0.1, -0.05) is 12.1 Å². The summed E-state index contributed by atoms with van der Waals surface area (Å²) in [7, 11) is 1.68. The molecule has 1 aromatic rings. The molecule has 0 bridgehead atoms. The van der Waals surface area contributed by atoms with Crippen molar-refractivity contribution < 1.29 is 9.90 Å². The molecule has 1 amide bonds. The molecule has 0 heterocycles. The Morgan fingerprint density at radius 1 is 1.42 bits per heavy atom. The Balaban J connectivity index is 2.84. The fraction of sp³-hybridized carbons (Fsp3) is 0.222. The number of amides is 1. The molecule has 1 rings (SSSR count). The lowest BCUT2D eigenvalue weighted by molar-refractivity contribution is -0.107. The number of benzene rings is 1. The molecule has 0 radical (unpaired) electrons. The van der Waals surface area contributed by atoms with E-state index in [4.69, 9.17) is 5.11 Å². The van der Waals surface area contributed by atoms with Gasteiger partial charge in [0.25, 0.3) is 0 Å². The number of carbonyl (C=O) groups excluding carboxylic acids is 1. The fourth-order valence-corrected chi connectivity index (χ4v) is 0.897. The van der Waals surface area contributed by atoms with Gasteiger partial charge in [-0.2, -0.15) is 0 Å². The van der Waals surface area contributed by atoms with E-state index in [1.165, 1.54) is 4.90 Å². The van der Waals surface area contributed by atoms with Crippen molar-refractivity contribution in [3.63, 3.8) is 0 Å². The minimum Gasteiger partial charge on any atom is -0.392 e. The second-order valence-electron chi connectivity index (χ2n) is 2.54. The van der Waals surface area contributed by atoms with Crippen LogP contribution in [0.3, 0.4) is 0 Å². The highest BCUT2D eigenvalue weighted by Crippen LogP contribution is 2.11. The lowest BCUT2D eigenvalue weighted by Gasteiger charge is -2.10. The zero-order valence-corrected chi connectivity index (χ0v) is 6.90. The maximum absolute atomic E-state index is 10.3. The summed E-state index contributed by atoms with van der Waals surface area (Å²) in [6, 6.07) is 7.16. The Morgan fingerprint density at radius 3 is 2.42 bits per heavy atom. The molecule has 0 spiro atoms. The van der Waals surface area contributed by atoms with E-state index in [0.29, 0.717) is 0 Å². The lowest BCUT2D eigenvalue weighted by atomic mass is 10.2. The molecular weight excluding hydrogens is 154 g/mol. The van der Waals surface area contributed by atoms with Gasteiger partial charge in [0.1, 0.15) is 0 Å². The molecule has 0 unspecified atom stereocenters. The number of hydrogen-bond acceptors (Lipinski definition) is 2. The van der Waals surface area contributed by atoms with Crippen LogP contribution < -0.4 is 4.90 Å². The zero-order chi connectivity index (χ0) is 8.97. The first-order chi connectivity index (χ1) is 5.77. The van der Waals surface area contributed by atoms with Crippen LogP contribution in [0.1, 0.15) is 5.56 Å². The third-order valence-electron chi connectivity index (χ3n) is 1.68. The summed E-state index contributed by atoms with van der Waals surface area (Å²) in [6.45, 7) is 0.0328. The Bertz CT molecular complexity index is 256. The van der Waals surface area contributed by atoms with E-state index in [2.05, 4.69) is 0 Å². The summed E-state index contributed by atoms with van der Waals surface area (Å²) in [5, 5.41) is 8.74. The molecule has 0 saturated heterocycles. The van der Waals surface area contributed by atoms with E-state index in [1.807, 2.05) is 0 Å². The molecule has 0 aliphatic carbocycles. The number of anilines is 1.